The lowest BCUT2D eigenvalue weighted by Gasteiger charge is -2.08. The summed E-state index contributed by atoms with van der Waals surface area (Å²) in [7, 11) is 2.80. The van der Waals surface area contributed by atoms with Crippen LogP contribution in [0.3, 0.4) is 0 Å². The minimum atomic E-state index is -0.517. The molecule has 0 saturated heterocycles. The Morgan fingerprint density at radius 1 is 0.966 bits per heavy atom. The van der Waals surface area contributed by atoms with Gasteiger partial charge in [0.05, 0.1) is 32.9 Å². The Bertz CT molecular complexity index is 863. The van der Waals surface area contributed by atoms with Crippen molar-refractivity contribution in [2.75, 3.05) is 32.7 Å². The number of carbonyl (C=O) groups is 3. The number of nitrogens with zero attached hydrogens (tertiary/aromatic N) is 2. The molecule has 0 fully saturated rings. The molecule has 1 amide bonds. The molecule has 9 nitrogen and oxygen atoms in total. The molecule has 0 radical (unpaired) electrons. The highest BCUT2D eigenvalue weighted by Crippen LogP contribution is 2.17. The van der Waals surface area contributed by atoms with Gasteiger partial charge in [-0.3, -0.25) is 19.8 Å². The molecule has 29 heavy (non-hydrogen) atoms. The number of esters is 1. The first-order valence-electron chi connectivity index (χ1n) is 8.79. The zero-order valence-electron chi connectivity index (χ0n) is 16.2. The maximum atomic E-state index is 12.5. The maximum Gasteiger partial charge on any atom is 0.325 e. The van der Waals surface area contributed by atoms with E-state index in [0.717, 1.165) is 5.69 Å². The van der Waals surface area contributed by atoms with Gasteiger partial charge in [-0.15, -0.1) is 0 Å². The van der Waals surface area contributed by atoms with Crippen LogP contribution >= 0.6 is 0 Å². The minimum absolute atomic E-state index is 0.0929. The highest BCUT2D eigenvalue weighted by atomic mass is 16.5. The molecule has 0 bridgehead atoms. The number of rotatable bonds is 10. The number of amides is 1. The van der Waals surface area contributed by atoms with Gasteiger partial charge in [0.25, 0.3) is 0 Å². The number of hydrogen-bond acceptors (Lipinski definition) is 7. The first-order chi connectivity index (χ1) is 14.0. The topological polar surface area (TPSA) is 118 Å². The van der Waals surface area contributed by atoms with E-state index in [1.807, 2.05) is 0 Å². The van der Waals surface area contributed by atoms with Crippen LogP contribution < -0.4 is 15.5 Å². The monoisotopic (exact) mass is 398 g/mol. The van der Waals surface area contributed by atoms with Gasteiger partial charge in [0, 0.05) is 11.1 Å². The first kappa shape index (κ1) is 21.5. The molecule has 2 N–H and O–H groups in total. The number of anilines is 1. The number of ether oxygens (including phenoxy) is 2. The van der Waals surface area contributed by atoms with Crippen LogP contribution in [0.25, 0.3) is 0 Å². The maximum absolute atomic E-state index is 12.5. The van der Waals surface area contributed by atoms with Crippen LogP contribution in [-0.2, 0) is 14.3 Å². The average molecular weight is 398 g/mol. The van der Waals surface area contributed by atoms with Crippen molar-refractivity contribution >= 4 is 23.3 Å². The van der Waals surface area contributed by atoms with Crippen molar-refractivity contribution in [1.29, 1.82) is 0 Å². The Hall–Kier alpha value is -3.75. The van der Waals surface area contributed by atoms with Crippen LogP contribution in [0.2, 0.25) is 0 Å². The van der Waals surface area contributed by atoms with Crippen LogP contribution in [0, 0.1) is 0 Å². The van der Waals surface area contributed by atoms with Gasteiger partial charge in [0.15, 0.2) is 5.78 Å². The number of benzene rings is 2. The summed E-state index contributed by atoms with van der Waals surface area (Å²) in [6.07, 6.45) is 0.0929. The second-order valence-electron chi connectivity index (χ2n) is 5.79. The summed E-state index contributed by atoms with van der Waals surface area (Å²) in [5.74, 6) is -0.424. The molecule has 0 atom stereocenters. The third-order valence-electron chi connectivity index (χ3n) is 3.80. The molecule has 0 heterocycles. The van der Waals surface area contributed by atoms with Gasteiger partial charge in [-0.05, 0) is 48.5 Å². The van der Waals surface area contributed by atoms with Gasteiger partial charge in [0.2, 0.25) is 5.91 Å². The standard InChI is InChI=1S/C20H22N4O5/c1-21-24-23-16-7-3-14(4-8-16)20(27)15-5-9-17(10-6-15)29-12-11-18(25)22-13-19(26)28-2/h3-10H,11-13H2,1-2H3,(H,21,23)(H,22,25). The fraction of sp³-hybridized carbons (Fsp3) is 0.250. The molecule has 2 aromatic rings. The zero-order valence-corrected chi connectivity index (χ0v) is 16.2. The Kier molecular flexibility index (Phi) is 8.30. The highest BCUT2D eigenvalue weighted by molar-refractivity contribution is 6.09. The highest BCUT2D eigenvalue weighted by Gasteiger charge is 2.10. The van der Waals surface area contributed by atoms with E-state index in [1.165, 1.54) is 7.11 Å². The molecular formula is C20H22N4O5. The summed E-state index contributed by atoms with van der Waals surface area (Å²) in [5.41, 5.74) is 4.52. The number of methoxy groups -OCH3 is 1. The molecular weight excluding hydrogens is 376 g/mol. The molecule has 0 saturated carbocycles. The van der Waals surface area contributed by atoms with E-state index in [9.17, 15) is 14.4 Å². The van der Waals surface area contributed by atoms with Crippen molar-refractivity contribution in [3.05, 3.63) is 59.7 Å². The van der Waals surface area contributed by atoms with Crippen LogP contribution in [0.5, 0.6) is 5.75 Å². The van der Waals surface area contributed by atoms with Crippen LogP contribution in [0.15, 0.2) is 58.9 Å². The number of ketones is 1. The smallest absolute Gasteiger partial charge is 0.325 e. The number of carbonyl (C=O) groups excluding carboxylic acids is 3. The average Bonchev–Trinajstić information content (AvgIpc) is 2.76. The van der Waals surface area contributed by atoms with E-state index < -0.39 is 5.97 Å². The molecule has 0 spiro atoms. The summed E-state index contributed by atoms with van der Waals surface area (Å²) in [6.45, 7) is -0.0320. The molecule has 0 aliphatic carbocycles. The van der Waals surface area contributed by atoms with E-state index in [4.69, 9.17) is 4.74 Å². The summed E-state index contributed by atoms with van der Waals surface area (Å²) in [4.78, 5) is 35.1. The lowest BCUT2D eigenvalue weighted by Crippen LogP contribution is -2.30. The quantitative estimate of drug-likeness (QED) is 0.275. The van der Waals surface area contributed by atoms with E-state index in [-0.39, 0.29) is 31.3 Å². The third kappa shape index (κ3) is 7.06. The minimum Gasteiger partial charge on any atom is -0.493 e. The second kappa shape index (κ2) is 11.2. The molecule has 0 aliphatic heterocycles. The van der Waals surface area contributed by atoms with E-state index in [2.05, 4.69) is 25.8 Å². The van der Waals surface area contributed by atoms with Gasteiger partial charge < -0.3 is 14.8 Å². The van der Waals surface area contributed by atoms with Gasteiger partial charge in [-0.25, -0.2) is 0 Å². The Balaban J connectivity index is 1.84. The van der Waals surface area contributed by atoms with Crippen LogP contribution in [0.1, 0.15) is 22.3 Å². The van der Waals surface area contributed by atoms with Crippen LogP contribution in [0.4, 0.5) is 5.69 Å². The molecule has 2 aromatic carbocycles. The van der Waals surface area contributed by atoms with Gasteiger partial charge in [-0.1, -0.05) is 5.22 Å². The van der Waals surface area contributed by atoms with Crippen molar-refractivity contribution in [1.82, 2.24) is 5.32 Å². The van der Waals surface area contributed by atoms with E-state index in [0.29, 0.717) is 16.9 Å². The number of hydrogen-bond donors (Lipinski definition) is 2. The molecule has 2 rings (SSSR count). The van der Waals surface area contributed by atoms with E-state index in [1.54, 1.807) is 55.6 Å². The molecule has 9 heteroatoms. The SMILES string of the molecule is CN=NNc1ccc(C(=O)c2ccc(OCCC(=O)NCC(=O)OC)cc2)cc1. The van der Waals surface area contributed by atoms with Crippen molar-refractivity contribution in [3.63, 3.8) is 0 Å². The summed E-state index contributed by atoms with van der Waals surface area (Å²) in [6, 6.07) is 13.5. The summed E-state index contributed by atoms with van der Waals surface area (Å²) >= 11 is 0. The van der Waals surface area contributed by atoms with E-state index >= 15 is 0 Å². The van der Waals surface area contributed by atoms with Gasteiger partial charge in [-0.2, -0.15) is 5.11 Å². The molecule has 0 unspecified atom stereocenters. The summed E-state index contributed by atoms with van der Waals surface area (Å²) in [5, 5.41) is 9.68. The lowest BCUT2D eigenvalue weighted by molar-refractivity contribution is -0.141. The Morgan fingerprint density at radius 3 is 2.17 bits per heavy atom. The Labute approximate surface area is 168 Å². The molecule has 0 aromatic heterocycles. The Morgan fingerprint density at radius 2 is 1.59 bits per heavy atom. The van der Waals surface area contributed by atoms with Crippen molar-refractivity contribution in [2.45, 2.75) is 6.42 Å². The van der Waals surface area contributed by atoms with Crippen molar-refractivity contribution in [3.8, 4) is 5.75 Å². The van der Waals surface area contributed by atoms with Crippen molar-refractivity contribution in [2.24, 2.45) is 10.3 Å². The van der Waals surface area contributed by atoms with Gasteiger partial charge in [0.1, 0.15) is 12.3 Å². The fourth-order valence-electron chi connectivity index (χ4n) is 2.27. The molecule has 152 valence electrons. The molecule has 0 aliphatic rings. The zero-order chi connectivity index (χ0) is 21.1. The van der Waals surface area contributed by atoms with Gasteiger partial charge >= 0.3 is 5.97 Å². The van der Waals surface area contributed by atoms with Crippen LogP contribution in [-0.4, -0.2) is 45.0 Å². The number of nitrogens with one attached hydrogen (secondary N) is 2. The summed E-state index contributed by atoms with van der Waals surface area (Å²) < 4.78 is 9.92. The second-order valence-corrected chi connectivity index (χ2v) is 5.79. The predicted molar refractivity (Wildman–Crippen MR) is 106 cm³/mol. The third-order valence-corrected chi connectivity index (χ3v) is 3.80. The largest absolute Gasteiger partial charge is 0.493 e. The fourth-order valence-corrected chi connectivity index (χ4v) is 2.27. The predicted octanol–water partition coefficient (Wildman–Crippen LogP) is 2.38. The van der Waals surface area contributed by atoms with Crippen molar-refractivity contribution < 1.29 is 23.9 Å². The lowest BCUT2D eigenvalue weighted by atomic mass is 10.0. The normalized spacial score (nSPS) is 10.4. The first-order valence-corrected chi connectivity index (χ1v) is 8.79.